The van der Waals surface area contributed by atoms with Crippen molar-refractivity contribution in [3.8, 4) is 0 Å². The van der Waals surface area contributed by atoms with Gasteiger partial charge in [-0.25, -0.2) is 0 Å². The third-order valence-electron chi connectivity index (χ3n) is 5.09. The van der Waals surface area contributed by atoms with Gasteiger partial charge in [0.05, 0.1) is 25.8 Å². The Morgan fingerprint density at radius 3 is 2.42 bits per heavy atom. The van der Waals surface area contributed by atoms with E-state index < -0.39 is 0 Å². The first kappa shape index (κ1) is 19.3. The normalized spacial score (nSPS) is 21.3. The monoisotopic (exact) mass is 365 g/mol. The Hall–Kier alpha value is -1.51. The predicted octanol–water partition coefficient (Wildman–Crippen LogP) is 0.633. The van der Waals surface area contributed by atoms with Crippen LogP contribution in [0, 0.1) is 5.92 Å². The van der Waals surface area contributed by atoms with Crippen LogP contribution < -0.4 is 0 Å². The van der Waals surface area contributed by atoms with Crippen molar-refractivity contribution in [1.82, 2.24) is 24.8 Å². The maximum absolute atomic E-state index is 12.6. The molecular formula is C18H31N5O3. The predicted molar refractivity (Wildman–Crippen MR) is 96.6 cm³/mol. The molecule has 146 valence electrons. The molecule has 0 aliphatic carbocycles. The lowest BCUT2D eigenvalue weighted by atomic mass is 10.1. The molecule has 3 rings (SSSR count). The summed E-state index contributed by atoms with van der Waals surface area (Å²) in [5.41, 5.74) is 0. The summed E-state index contributed by atoms with van der Waals surface area (Å²) >= 11 is 0. The van der Waals surface area contributed by atoms with Gasteiger partial charge in [0.1, 0.15) is 0 Å². The topological polar surface area (TPSA) is 74.9 Å². The lowest BCUT2D eigenvalue weighted by Crippen LogP contribution is -2.55. The zero-order chi connectivity index (χ0) is 18.5. The largest absolute Gasteiger partial charge is 0.378 e. The number of amides is 1. The number of aromatic nitrogens is 2. The fourth-order valence-electron chi connectivity index (χ4n) is 3.50. The van der Waals surface area contributed by atoms with Crippen LogP contribution in [0.25, 0.3) is 0 Å². The molecule has 1 atom stereocenters. The lowest BCUT2D eigenvalue weighted by Gasteiger charge is -2.39. The molecule has 26 heavy (non-hydrogen) atoms. The van der Waals surface area contributed by atoms with Crippen molar-refractivity contribution < 1.29 is 14.1 Å². The van der Waals surface area contributed by atoms with Crippen LogP contribution in [-0.2, 0) is 22.5 Å². The minimum Gasteiger partial charge on any atom is -0.378 e. The molecular weight excluding hydrogens is 334 g/mol. The van der Waals surface area contributed by atoms with E-state index in [2.05, 4.69) is 33.8 Å². The zero-order valence-corrected chi connectivity index (χ0v) is 16.2. The van der Waals surface area contributed by atoms with Crippen LogP contribution in [-0.4, -0.2) is 89.3 Å². The van der Waals surface area contributed by atoms with E-state index in [9.17, 15) is 4.79 Å². The number of carbonyl (C=O) groups excluding carboxylic acids is 1. The molecule has 1 amide bonds. The van der Waals surface area contributed by atoms with Gasteiger partial charge in [-0.3, -0.25) is 14.6 Å². The van der Waals surface area contributed by atoms with E-state index in [0.717, 1.165) is 44.3 Å². The van der Waals surface area contributed by atoms with Crippen molar-refractivity contribution in [2.24, 2.45) is 5.92 Å². The number of piperazine rings is 1. The van der Waals surface area contributed by atoms with Crippen molar-refractivity contribution >= 4 is 5.91 Å². The molecule has 2 saturated heterocycles. The van der Waals surface area contributed by atoms with E-state index in [1.54, 1.807) is 0 Å². The highest BCUT2D eigenvalue weighted by molar-refractivity contribution is 5.81. The molecule has 2 fully saturated rings. The van der Waals surface area contributed by atoms with Crippen LogP contribution in [0.1, 0.15) is 32.5 Å². The van der Waals surface area contributed by atoms with Crippen LogP contribution in [0.5, 0.6) is 0 Å². The Bertz CT molecular complexity index is 577. The molecule has 0 spiro atoms. The van der Waals surface area contributed by atoms with Crippen LogP contribution in [0.15, 0.2) is 4.52 Å². The average Bonchev–Trinajstić information content (AvgIpc) is 3.08. The standard InChI is InChI=1S/C18H31N5O3/c1-14(2)12-17-19-16(20-26-17)13-21-4-6-22(7-5-21)15(3)18(24)23-8-10-25-11-9-23/h14-15H,4-13H2,1-3H3/t15-/m0/s1. The molecule has 0 aromatic carbocycles. The molecule has 0 N–H and O–H groups in total. The summed E-state index contributed by atoms with van der Waals surface area (Å²) in [5, 5.41) is 4.09. The summed E-state index contributed by atoms with van der Waals surface area (Å²) < 4.78 is 10.7. The SMILES string of the molecule is CC(C)Cc1nc(CN2CCN([C@@H](C)C(=O)N3CCOCC3)CC2)no1. The zero-order valence-electron chi connectivity index (χ0n) is 16.2. The van der Waals surface area contributed by atoms with Crippen molar-refractivity contribution in [3.63, 3.8) is 0 Å². The number of nitrogens with zero attached hydrogens (tertiary/aromatic N) is 5. The van der Waals surface area contributed by atoms with Crippen LogP contribution >= 0.6 is 0 Å². The van der Waals surface area contributed by atoms with Crippen LogP contribution in [0.4, 0.5) is 0 Å². The Morgan fingerprint density at radius 2 is 1.77 bits per heavy atom. The van der Waals surface area contributed by atoms with E-state index in [0.29, 0.717) is 38.8 Å². The lowest BCUT2D eigenvalue weighted by molar-refractivity contribution is -0.141. The summed E-state index contributed by atoms with van der Waals surface area (Å²) in [7, 11) is 0. The molecule has 8 nitrogen and oxygen atoms in total. The first-order chi connectivity index (χ1) is 12.5. The highest BCUT2D eigenvalue weighted by Crippen LogP contribution is 2.13. The Kier molecular flexibility index (Phi) is 6.61. The second-order valence-corrected chi connectivity index (χ2v) is 7.63. The molecule has 0 saturated carbocycles. The Balaban J connectivity index is 1.44. The summed E-state index contributed by atoms with van der Waals surface area (Å²) in [4.78, 5) is 23.7. The van der Waals surface area contributed by atoms with Gasteiger partial charge >= 0.3 is 0 Å². The van der Waals surface area contributed by atoms with Gasteiger partial charge in [0.15, 0.2) is 5.82 Å². The first-order valence-electron chi connectivity index (χ1n) is 9.67. The number of carbonyl (C=O) groups is 1. The molecule has 0 bridgehead atoms. The average molecular weight is 365 g/mol. The minimum atomic E-state index is -0.0712. The minimum absolute atomic E-state index is 0.0712. The summed E-state index contributed by atoms with van der Waals surface area (Å²) in [6, 6.07) is -0.0712. The molecule has 8 heteroatoms. The van der Waals surface area contributed by atoms with Crippen molar-refractivity contribution in [1.29, 1.82) is 0 Å². The third-order valence-corrected chi connectivity index (χ3v) is 5.09. The Morgan fingerprint density at radius 1 is 1.08 bits per heavy atom. The van der Waals surface area contributed by atoms with Crippen LogP contribution in [0.2, 0.25) is 0 Å². The summed E-state index contributed by atoms with van der Waals surface area (Å²) in [5.74, 6) is 2.21. The molecule has 1 aromatic heterocycles. The molecule has 3 heterocycles. The molecule has 2 aliphatic heterocycles. The fourth-order valence-corrected chi connectivity index (χ4v) is 3.50. The van der Waals surface area contributed by atoms with Crippen molar-refractivity contribution in [2.45, 2.75) is 39.8 Å². The van der Waals surface area contributed by atoms with Gasteiger partial charge in [0.2, 0.25) is 11.8 Å². The van der Waals surface area contributed by atoms with Gasteiger partial charge in [-0.1, -0.05) is 19.0 Å². The van der Waals surface area contributed by atoms with E-state index in [-0.39, 0.29) is 11.9 Å². The maximum Gasteiger partial charge on any atom is 0.239 e. The number of hydrogen-bond acceptors (Lipinski definition) is 7. The highest BCUT2D eigenvalue weighted by atomic mass is 16.5. The second kappa shape index (κ2) is 8.92. The van der Waals surface area contributed by atoms with E-state index in [1.807, 2.05) is 11.8 Å². The van der Waals surface area contributed by atoms with E-state index >= 15 is 0 Å². The molecule has 0 radical (unpaired) electrons. The van der Waals surface area contributed by atoms with Gasteiger partial charge in [-0.05, 0) is 12.8 Å². The number of morpholine rings is 1. The summed E-state index contributed by atoms with van der Waals surface area (Å²) in [6.07, 6.45) is 0.821. The highest BCUT2D eigenvalue weighted by Gasteiger charge is 2.29. The number of hydrogen-bond donors (Lipinski definition) is 0. The molecule has 2 aliphatic rings. The van der Waals surface area contributed by atoms with Gasteiger partial charge < -0.3 is 14.2 Å². The maximum atomic E-state index is 12.6. The smallest absolute Gasteiger partial charge is 0.239 e. The van der Waals surface area contributed by atoms with Gasteiger partial charge in [-0.2, -0.15) is 4.98 Å². The third kappa shape index (κ3) is 5.02. The quantitative estimate of drug-likeness (QED) is 0.732. The van der Waals surface area contributed by atoms with E-state index in [1.165, 1.54) is 0 Å². The van der Waals surface area contributed by atoms with Crippen molar-refractivity contribution in [3.05, 3.63) is 11.7 Å². The molecule has 1 aromatic rings. The molecule has 0 unspecified atom stereocenters. The first-order valence-corrected chi connectivity index (χ1v) is 9.67. The number of ether oxygens (including phenoxy) is 1. The van der Waals surface area contributed by atoms with Crippen LogP contribution in [0.3, 0.4) is 0 Å². The van der Waals surface area contributed by atoms with Gasteiger partial charge in [0, 0.05) is 45.7 Å². The number of rotatable bonds is 6. The summed E-state index contributed by atoms with van der Waals surface area (Å²) in [6.45, 7) is 13.3. The van der Waals surface area contributed by atoms with Gasteiger partial charge in [-0.15, -0.1) is 0 Å². The van der Waals surface area contributed by atoms with Gasteiger partial charge in [0.25, 0.3) is 0 Å². The van der Waals surface area contributed by atoms with E-state index in [4.69, 9.17) is 9.26 Å². The van der Waals surface area contributed by atoms with Crippen molar-refractivity contribution in [2.75, 3.05) is 52.5 Å². The Labute approximate surface area is 155 Å². The fraction of sp³-hybridized carbons (Fsp3) is 0.833. The second-order valence-electron chi connectivity index (χ2n) is 7.63.